The molecule has 0 saturated carbocycles. The van der Waals surface area contributed by atoms with Gasteiger partial charge in [0.1, 0.15) is 0 Å². The van der Waals surface area contributed by atoms with Gasteiger partial charge in [0.25, 0.3) is 0 Å². The topological polar surface area (TPSA) is 25.8 Å². The van der Waals surface area contributed by atoms with E-state index in [4.69, 9.17) is 9.97 Å². The van der Waals surface area contributed by atoms with Crippen LogP contribution in [0.3, 0.4) is 0 Å². The van der Waals surface area contributed by atoms with Crippen molar-refractivity contribution in [1.29, 1.82) is 0 Å². The van der Waals surface area contributed by atoms with Gasteiger partial charge in [-0.1, -0.05) is 212 Å². The van der Waals surface area contributed by atoms with E-state index in [0.29, 0.717) is 5.82 Å². The number of hydrogen-bond acceptors (Lipinski definition) is 3. The Kier molecular flexibility index (Phi) is 8.69. The van der Waals surface area contributed by atoms with E-state index in [9.17, 15) is 0 Å². The van der Waals surface area contributed by atoms with Crippen LogP contribution in [0.15, 0.2) is 240 Å². The van der Waals surface area contributed by atoms with Gasteiger partial charge < -0.3 is 0 Å². The molecule has 0 unspecified atom stereocenters. The van der Waals surface area contributed by atoms with Gasteiger partial charge in [-0.15, -0.1) is 0 Å². The standard InChI is InChI=1S/C59H38N2S/c1-3-14-39(15-4-1)41-26-30-43(31-27-41)54-38-55(44-32-28-42(29-33-44)40-16-5-2-6-17-40)61-58(60-54)47-19-13-18-45(36-47)46-34-35-57-53(37-46)59(52-24-11-12-25-56(52)62-57)50-22-9-7-20-48(50)49-21-8-10-23-51(49)59/h1-38H. The zero-order valence-electron chi connectivity index (χ0n) is 33.7. The lowest BCUT2D eigenvalue weighted by atomic mass is 9.67. The van der Waals surface area contributed by atoms with Gasteiger partial charge in [-0.25, -0.2) is 9.97 Å². The summed E-state index contributed by atoms with van der Waals surface area (Å²) in [6, 6.07) is 83.3. The maximum Gasteiger partial charge on any atom is 0.160 e. The van der Waals surface area contributed by atoms with Gasteiger partial charge in [-0.05, 0) is 97.1 Å². The summed E-state index contributed by atoms with van der Waals surface area (Å²) in [6.07, 6.45) is 0. The van der Waals surface area contributed by atoms with Gasteiger partial charge in [0.15, 0.2) is 5.82 Å². The fourth-order valence-corrected chi connectivity index (χ4v) is 10.8. The molecule has 0 atom stereocenters. The summed E-state index contributed by atoms with van der Waals surface area (Å²) in [7, 11) is 0. The van der Waals surface area contributed by atoms with Gasteiger partial charge in [-0.3, -0.25) is 0 Å². The fraction of sp³-hybridized carbons (Fsp3) is 0.0169. The number of fused-ring (bicyclic) bond motifs is 9. The van der Waals surface area contributed by atoms with Crippen LogP contribution in [-0.2, 0) is 5.41 Å². The fourth-order valence-electron chi connectivity index (χ4n) is 9.67. The summed E-state index contributed by atoms with van der Waals surface area (Å²) in [6.45, 7) is 0. The molecule has 2 heterocycles. The minimum atomic E-state index is -0.434. The number of benzene rings is 9. The molecule has 1 aliphatic carbocycles. The van der Waals surface area contributed by atoms with E-state index in [1.165, 1.54) is 65.4 Å². The Bertz CT molecular complexity index is 3150. The lowest BCUT2D eigenvalue weighted by molar-refractivity contribution is 0.723. The average molecular weight is 807 g/mol. The van der Waals surface area contributed by atoms with E-state index in [1.54, 1.807) is 0 Å². The Balaban J connectivity index is 0.986. The normalized spacial score (nSPS) is 12.9. The quantitative estimate of drug-likeness (QED) is 0.167. The Hall–Kier alpha value is -7.59. The summed E-state index contributed by atoms with van der Waals surface area (Å²) in [5, 5.41) is 0. The summed E-state index contributed by atoms with van der Waals surface area (Å²) < 4.78 is 0. The van der Waals surface area contributed by atoms with E-state index in [2.05, 4.69) is 231 Å². The first-order valence-corrected chi connectivity index (χ1v) is 22.0. The highest BCUT2D eigenvalue weighted by molar-refractivity contribution is 7.99. The van der Waals surface area contributed by atoms with Gasteiger partial charge in [0, 0.05) is 26.5 Å². The SMILES string of the molecule is c1ccc(-c2ccc(-c3cc(-c4ccc(-c5ccccc5)cc4)nc(-c4cccc(-c5ccc6c(c5)C5(c7ccccc7S6)c6ccccc6-c6ccccc65)c4)n3)cc2)cc1. The third-order valence-corrected chi connectivity index (χ3v) is 13.8. The van der Waals surface area contributed by atoms with Gasteiger partial charge in [-0.2, -0.15) is 0 Å². The second-order valence-electron chi connectivity index (χ2n) is 16.1. The van der Waals surface area contributed by atoms with Crippen LogP contribution < -0.4 is 0 Å². The number of aromatic nitrogens is 2. The second-order valence-corrected chi connectivity index (χ2v) is 17.2. The van der Waals surface area contributed by atoms with Crippen molar-refractivity contribution in [3.8, 4) is 78.4 Å². The molecule has 0 amide bonds. The van der Waals surface area contributed by atoms with Crippen LogP contribution in [0.1, 0.15) is 22.3 Å². The van der Waals surface area contributed by atoms with Crippen molar-refractivity contribution in [3.63, 3.8) is 0 Å². The summed E-state index contributed by atoms with van der Waals surface area (Å²) in [4.78, 5) is 13.2. The van der Waals surface area contributed by atoms with E-state index in [0.717, 1.165) is 39.2 Å². The molecule has 2 nitrogen and oxygen atoms in total. The van der Waals surface area contributed by atoms with Crippen LogP contribution in [0, 0.1) is 0 Å². The molecule has 0 fully saturated rings. The highest BCUT2D eigenvalue weighted by atomic mass is 32.2. The molecule has 2 aliphatic rings. The van der Waals surface area contributed by atoms with Crippen molar-refractivity contribution in [2.24, 2.45) is 0 Å². The van der Waals surface area contributed by atoms with Crippen molar-refractivity contribution in [3.05, 3.63) is 253 Å². The van der Waals surface area contributed by atoms with Crippen molar-refractivity contribution >= 4 is 11.8 Å². The molecule has 10 aromatic rings. The molecular weight excluding hydrogens is 769 g/mol. The monoisotopic (exact) mass is 806 g/mol. The van der Waals surface area contributed by atoms with Gasteiger partial charge in [0.05, 0.1) is 16.8 Å². The number of nitrogens with zero attached hydrogens (tertiary/aromatic N) is 2. The van der Waals surface area contributed by atoms with Crippen molar-refractivity contribution in [1.82, 2.24) is 9.97 Å². The Labute approximate surface area is 366 Å². The highest BCUT2D eigenvalue weighted by Gasteiger charge is 2.50. The number of hydrogen-bond donors (Lipinski definition) is 0. The van der Waals surface area contributed by atoms with Crippen molar-refractivity contribution < 1.29 is 0 Å². The molecule has 0 N–H and O–H groups in total. The third-order valence-electron chi connectivity index (χ3n) is 12.6. The zero-order valence-corrected chi connectivity index (χ0v) is 34.6. The van der Waals surface area contributed by atoms with E-state index < -0.39 is 5.41 Å². The first kappa shape index (κ1) is 36.3. The van der Waals surface area contributed by atoms with Gasteiger partial charge >= 0.3 is 0 Å². The van der Waals surface area contributed by atoms with E-state index in [1.807, 2.05) is 11.8 Å². The first-order valence-electron chi connectivity index (χ1n) is 21.1. The first-order chi connectivity index (χ1) is 30.7. The molecule has 9 aromatic carbocycles. The maximum absolute atomic E-state index is 5.29. The summed E-state index contributed by atoms with van der Waals surface area (Å²) in [5.41, 5.74) is 19.3. The molecule has 0 saturated heterocycles. The minimum absolute atomic E-state index is 0.434. The Morgan fingerprint density at radius 3 is 1.29 bits per heavy atom. The highest BCUT2D eigenvalue weighted by Crippen LogP contribution is 2.62. The lowest BCUT2D eigenvalue weighted by Crippen LogP contribution is -2.32. The zero-order chi connectivity index (χ0) is 41.0. The largest absolute Gasteiger partial charge is 0.228 e. The molecule has 0 radical (unpaired) electrons. The molecular formula is C59H38N2S. The minimum Gasteiger partial charge on any atom is -0.228 e. The van der Waals surface area contributed by atoms with Crippen LogP contribution in [0.4, 0.5) is 0 Å². The third kappa shape index (κ3) is 5.96. The van der Waals surface area contributed by atoms with Crippen LogP contribution in [0.2, 0.25) is 0 Å². The van der Waals surface area contributed by atoms with Crippen LogP contribution in [-0.4, -0.2) is 9.97 Å². The van der Waals surface area contributed by atoms with Crippen molar-refractivity contribution in [2.45, 2.75) is 15.2 Å². The van der Waals surface area contributed by atoms with Crippen molar-refractivity contribution in [2.75, 3.05) is 0 Å². The maximum atomic E-state index is 5.29. The van der Waals surface area contributed by atoms with Gasteiger partial charge in [0.2, 0.25) is 0 Å². The predicted octanol–water partition coefficient (Wildman–Crippen LogP) is 15.3. The Morgan fingerprint density at radius 1 is 0.274 bits per heavy atom. The molecule has 3 heteroatoms. The van der Waals surface area contributed by atoms with E-state index in [-0.39, 0.29) is 0 Å². The Morgan fingerprint density at radius 2 is 0.694 bits per heavy atom. The lowest BCUT2D eigenvalue weighted by Gasteiger charge is -2.40. The summed E-state index contributed by atoms with van der Waals surface area (Å²) >= 11 is 1.87. The molecule has 1 aliphatic heterocycles. The smallest absolute Gasteiger partial charge is 0.160 e. The van der Waals surface area contributed by atoms with Crippen LogP contribution >= 0.6 is 11.8 Å². The second kappa shape index (κ2) is 14.8. The molecule has 290 valence electrons. The average Bonchev–Trinajstić information content (AvgIpc) is 3.65. The predicted molar refractivity (Wildman–Crippen MR) is 256 cm³/mol. The molecule has 1 spiro atoms. The number of rotatable bonds is 6. The molecule has 0 bridgehead atoms. The molecule has 12 rings (SSSR count). The molecule has 1 aromatic heterocycles. The summed E-state index contributed by atoms with van der Waals surface area (Å²) in [5.74, 6) is 0.691. The molecule has 62 heavy (non-hydrogen) atoms. The van der Waals surface area contributed by atoms with Crippen LogP contribution in [0.5, 0.6) is 0 Å². The van der Waals surface area contributed by atoms with E-state index >= 15 is 0 Å². The van der Waals surface area contributed by atoms with Crippen LogP contribution in [0.25, 0.3) is 78.4 Å².